The summed E-state index contributed by atoms with van der Waals surface area (Å²) in [6.45, 7) is 4.37. The molecule has 1 aliphatic carbocycles. The van der Waals surface area contributed by atoms with E-state index in [1.807, 2.05) is 0 Å². The van der Waals surface area contributed by atoms with Crippen LogP contribution in [0.2, 0.25) is 0 Å². The molecule has 104 valence electrons. The summed E-state index contributed by atoms with van der Waals surface area (Å²) >= 11 is 0. The van der Waals surface area contributed by atoms with E-state index in [9.17, 15) is 0 Å². The predicted octanol–water partition coefficient (Wildman–Crippen LogP) is 5.81. The van der Waals surface area contributed by atoms with Crippen molar-refractivity contribution in [1.29, 1.82) is 0 Å². The van der Waals surface area contributed by atoms with E-state index in [2.05, 4.69) is 92.8 Å². The van der Waals surface area contributed by atoms with Gasteiger partial charge in [0.05, 0.1) is 0 Å². The Morgan fingerprint density at radius 3 is 2.38 bits per heavy atom. The van der Waals surface area contributed by atoms with Gasteiger partial charge in [-0.05, 0) is 46.7 Å². The average molecular weight is 272 g/mol. The van der Waals surface area contributed by atoms with Crippen LogP contribution in [0.15, 0.2) is 78.9 Å². The standard InChI is InChI=1S/C21H20/c1-16-7-6-10-19(12-11-16)21-14-17(2)13-20(15-21)18-8-4-3-5-9-18/h3-16H,1-2H3. The van der Waals surface area contributed by atoms with Crippen molar-refractivity contribution < 1.29 is 0 Å². The zero-order chi connectivity index (χ0) is 14.7. The Labute approximate surface area is 127 Å². The maximum absolute atomic E-state index is 2.28. The van der Waals surface area contributed by atoms with Crippen molar-refractivity contribution in [2.24, 2.45) is 5.92 Å². The zero-order valence-electron chi connectivity index (χ0n) is 12.6. The summed E-state index contributed by atoms with van der Waals surface area (Å²) in [5.41, 5.74) is 6.40. The van der Waals surface area contributed by atoms with Crippen LogP contribution in [0, 0.1) is 12.8 Å². The fourth-order valence-corrected chi connectivity index (χ4v) is 2.65. The van der Waals surface area contributed by atoms with Crippen LogP contribution < -0.4 is 0 Å². The highest BCUT2D eigenvalue weighted by Gasteiger charge is 2.05. The third-order valence-electron chi connectivity index (χ3n) is 3.79. The zero-order valence-corrected chi connectivity index (χ0v) is 12.6. The second kappa shape index (κ2) is 5.97. The second-order valence-electron chi connectivity index (χ2n) is 5.68. The van der Waals surface area contributed by atoms with E-state index >= 15 is 0 Å². The lowest BCUT2D eigenvalue weighted by Crippen LogP contribution is -1.87. The van der Waals surface area contributed by atoms with Gasteiger partial charge in [0.2, 0.25) is 0 Å². The van der Waals surface area contributed by atoms with E-state index in [1.54, 1.807) is 0 Å². The largest absolute Gasteiger partial charge is 0.0779 e. The van der Waals surface area contributed by atoms with Crippen molar-refractivity contribution in [3.63, 3.8) is 0 Å². The first kappa shape index (κ1) is 13.6. The Balaban J connectivity index is 2.05. The van der Waals surface area contributed by atoms with Crippen LogP contribution in [-0.2, 0) is 0 Å². The van der Waals surface area contributed by atoms with Crippen LogP contribution in [0.5, 0.6) is 0 Å². The average Bonchev–Trinajstić information content (AvgIpc) is 2.72. The predicted molar refractivity (Wildman–Crippen MR) is 92.0 cm³/mol. The van der Waals surface area contributed by atoms with E-state index in [4.69, 9.17) is 0 Å². The van der Waals surface area contributed by atoms with Gasteiger partial charge < -0.3 is 0 Å². The van der Waals surface area contributed by atoms with Gasteiger partial charge in [0, 0.05) is 0 Å². The molecule has 0 bridgehead atoms. The first-order chi connectivity index (χ1) is 10.2. The molecule has 2 aromatic rings. The Bertz CT molecular complexity index is 715. The van der Waals surface area contributed by atoms with Crippen LogP contribution in [0.4, 0.5) is 0 Å². The molecule has 0 saturated heterocycles. The number of aryl methyl sites for hydroxylation is 1. The fraction of sp³-hybridized carbons (Fsp3) is 0.143. The SMILES string of the molecule is Cc1cc(C2=CC=CC(C)C=C2)cc(-c2ccccc2)c1. The molecule has 0 heteroatoms. The molecule has 0 nitrogen and oxygen atoms in total. The van der Waals surface area contributed by atoms with E-state index in [1.165, 1.54) is 27.8 Å². The van der Waals surface area contributed by atoms with Crippen LogP contribution in [-0.4, -0.2) is 0 Å². The monoisotopic (exact) mass is 272 g/mol. The molecular formula is C21H20. The fourth-order valence-electron chi connectivity index (χ4n) is 2.65. The van der Waals surface area contributed by atoms with Gasteiger partial charge in [-0.3, -0.25) is 0 Å². The summed E-state index contributed by atoms with van der Waals surface area (Å²) in [5.74, 6) is 0.497. The lowest BCUT2D eigenvalue weighted by atomic mass is 9.96. The molecule has 1 atom stereocenters. The first-order valence-corrected chi connectivity index (χ1v) is 7.46. The lowest BCUT2D eigenvalue weighted by molar-refractivity contribution is 0.943. The summed E-state index contributed by atoms with van der Waals surface area (Å²) in [7, 11) is 0. The van der Waals surface area contributed by atoms with E-state index in [-0.39, 0.29) is 0 Å². The minimum absolute atomic E-state index is 0.497. The van der Waals surface area contributed by atoms with Crippen molar-refractivity contribution in [3.05, 3.63) is 90.0 Å². The van der Waals surface area contributed by atoms with Gasteiger partial charge in [0.1, 0.15) is 0 Å². The summed E-state index contributed by atoms with van der Waals surface area (Å²) in [6, 6.07) is 17.4. The van der Waals surface area contributed by atoms with E-state index in [0.29, 0.717) is 5.92 Å². The van der Waals surface area contributed by atoms with Crippen LogP contribution in [0.25, 0.3) is 16.7 Å². The highest BCUT2D eigenvalue weighted by Crippen LogP contribution is 2.27. The summed E-state index contributed by atoms with van der Waals surface area (Å²) in [4.78, 5) is 0. The smallest absolute Gasteiger partial charge is 0.00754 e. The molecule has 0 radical (unpaired) electrons. The van der Waals surface area contributed by atoms with Gasteiger partial charge in [-0.25, -0.2) is 0 Å². The normalized spacial score (nSPS) is 17.4. The molecule has 21 heavy (non-hydrogen) atoms. The molecule has 3 rings (SSSR count). The minimum atomic E-state index is 0.497. The van der Waals surface area contributed by atoms with E-state index < -0.39 is 0 Å². The molecule has 0 amide bonds. The number of hydrogen-bond donors (Lipinski definition) is 0. The summed E-state index contributed by atoms with van der Waals surface area (Å²) in [5, 5.41) is 0. The van der Waals surface area contributed by atoms with Gasteiger partial charge in [-0.2, -0.15) is 0 Å². The van der Waals surface area contributed by atoms with Gasteiger partial charge in [0.25, 0.3) is 0 Å². The topological polar surface area (TPSA) is 0 Å². The number of rotatable bonds is 2. The highest BCUT2D eigenvalue weighted by molar-refractivity contribution is 5.79. The molecule has 0 aliphatic heterocycles. The van der Waals surface area contributed by atoms with Gasteiger partial charge in [0.15, 0.2) is 0 Å². The molecular weight excluding hydrogens is 252 g/mol. The van der Waals surface area contributed by atoms with E-state index in [0.717, 1.165) is 0 Å². The quantitative estimate of drug-likeness (QED) is 0.647. The lowest BCUT2D eigenvalue weighted by Gasteiger charge is -2.09. The number of hydrogen-bond acceptors (Lipinski definition) is 0. The van der Waals surface area contributed by atoms with Crippen molar-refractivity contribution in [2.45, 2.75) is 13.8 Å². The van der Waals surface area contributed by atoms with Gasteiger partial charge >= 0.3 is 0 Å². The number of benzene rings is 2. The van der Waals surface area contributed by atoms with Crippen molar-refractivity contribution in [2.75, 3.05) is 0 Å². The van der Waals surface area contributed by atoms with Crippen LogP contribution in [0.3, 0.4) is 0 Å². The molecule has 1 aliphatic rings. The molecule has 0 saturated carbocycles. The summed E-state index contributed by atoms with van der Waals surface area (Å²) in [6.07, 6.45) is 11.1. The van der Waals surface area contributed by atoms with Gasteiger partial charge in [-0.15, -0.1) is 0 Å². The Morgan fingerprint density at radius 2 is 1.57 bits per heavy atom. The van der Waals surface area contributed by atoms with Crippen molar-refractivity contribution in [3.8, 4) is 11.1 Å². The third-order valence-corrected chi connectivity index (χ3v) is 3.79. The van der Waals surface area contributed by atoms with Crippen molar-refractivity contribution in [1.82, 2.24) is 0 Å². The molecule has 0 heterocycles. The number of allylic oxidation sites excluding steroid dienone is 6. The Kier molecular flexibility index (Phi) is 3.87. The molecule has 2 aromatic carbocycles. The van der Waals surface area contributed by atoms with Crippen LogP contribution >= 0.6 is 0 Å². The maximum atomic E-state index is 2.28. The molecule has 0 aromatic heterocycles. The molecule has 0 N–H and O–H groups in total. The maximum Gasteiger partial charge on any atom is -0.00754 e. The first-order valence-electron chi connectivity index (χ1n) is 7.46. The molecule has 0 spiro atoms. The van der Waals surface area contributed by atoms with Gasteiger partial charge in [-0.1, -0.05) is 79.8 Å². The third kappa shape index (κ3) is 3.22. The molecule has 0 fully saturated rings. The second-order valence-corrected chi connectivity index (χ2v) is 5.68. The highest BCUT2D eigenvalue weighted by atomic mass is 14.1. The summed E-state index contributed by atoms with van der Waals surface area (Å²) < 4.78 is 0. The minimum Gasteiger partial charge on any atom is -0.0779 e. The Morgan fingerprint density at radius 1 is 0.810 bits per heavy atom. The molecule has 1 unspecified atom stereocenters. The van der Waals surface area contributed by atoms with Crippen molar-refractivity contribution >= 4 is 5.57 Å². The Hall–Kier alpha value is -2.34. The van der Waals surface area contributed by atoms with Crippen LogP contribution in [0.1, 0.15) is 18.1 Å².